The quantitative estimate of drug-likeness (QED) is 0.185. The summed E-state index contributed by atoms with van der Waals surface area (Å²) in [5.41, 5.74) is 3.86. The lowest BCUT2D eigenvalue weighted by atomic mass is 9.85. The van der Waals surface area contributed by atoms with Gasteiger partial charge in [-0.3, -0.25) is 0 Å². The van der Waals surface area contributed by atoms with Crippen LogP contribution in [-0.4, -0.2) is 0 Å². The van der Waals surface area contributed by atoms with E-state index >= 15 is 0 Å². The summed E-state index contributed by atoms with van der Waals surface area (Å²) >= 11 is 1.61. The van der Waals surface area contributed by atoms with E-state index in [2.05, 4.69) is 36.4 Å². The molecule has 0 radical (unpaired) electrons. The standard InChI is InChI=1S/C42H26S/c1-2-12-31-27(10-1)11-9-18-32(31)28-20-22-29(23-21-28)41-35-14-3-5-16-37(35)42(38-17-6-4-15-36(38)41)30-24-25-34-33-13-7-8-19-39(33)43-40(34)26-30/h1-26H/i3D,4D,5D,6D,14D,15D,16D,17D. The first-order valence-electron chi connectivity index (χ1n) is 18.1. The van der Waals surface area contributed by atoms with Gasteiger partial charge in [0.05, 0.1) is 11.0 Å². The second-order valence-corrected chi connectivity index (χ2v) is 11.7. The lowest BCUT2D eigenvalue weighted by Crippen LogP contribution is -1.91. The van der Waals surface area contributed by atoms with E-state index in [0.717, 1.165) is 42.1 Å². The molecule has 1 heterocycles. The zero-order valence-electron chi connectivity index (χ0n) is 30.8. The van der Waals surface area contributed by atoms with Gasteiger partial charge >= 0.3 is 0 Å². The summed E-state index contributed by atoms with van der Waals surface area (Å²) in [5, 5.41) is 5.19. The van der Waals surface area contributed by atoms with E-state index in [4.69, 9.17) is 5.48 Å². The van der Waals surface area contributed by atoms with Crippen molar-refractivity contribution < 1.29 is 11.0 Å². The summed E-state index contributed by atoms with van der Waals surface area (Å²) in [4.78, 5) is 0. The van der Waals surface area contributed by atoms with Crippen LogP contribution in [0.4, 0.5) is 0 Å². The van der Waals surface area contributed by atoms with Crippen LogP contribution in [0.1, 0.15) is 11.0 Å². The van der Waals surface area contributed by atoms with Crippen LogP contribution < -0.4 is 0 Å². The molecule has 0 N–H and O–H groups in total. The molecule has 0 bridgehead atoms. The van der Waals surface area contributed by atoms with Crippen LogP contribution in [0.5, 0.6) is 0 Å². The van der Waals surface area contributed by atoms with Gasteiger partial charge in [-0.25, -0.2) is 0 Å². The van der Waals surface area contributed by atoms with Crippen LogP contribution in [-0.2, 0) is 0 Å². The Morgan fingerprint density at radius 3 is 1.65 bits per heavy atom. The SMILES string of the molecule is [2H]c1c([2H])c([2H])c2c(-c3ccc4c(c3)sc3ccccc34)c3c([2H])c([2H])c([2H])c([2H])c3c(-c3ccc(-c4cccc5ccccc45)cc3)c2c1[2H]. The zero-order valence-corrected chi connectivity index (χ0v) is 23.6. The average molecular weight is 571 g/mol. The Labute approximate surface area is 265 Å². The molecule has 1 aromatic heterocycles. The van der Waals surface area contributed by atoms with Crippen LogP contribution in [0.15, 0.2) is 158 Å². The van der Waals surface area contributed by atoms with Gasteiger partial charge in [0.1, 0.15) is 0 Å². The van der Waals surface area contributed by atoms with Crippen molar-refractivity contribution in [3.8, 4) is 33.4 Å². The number of hydrogen-bond donors (Lipinski definition) is 0. The highest BCUT2D eigenvalue weighted by molar-refractivity contribution is 7.25. The van der Waals surface area contributed by atoms with Crippen LogP contribution >= 0.6 is 11.3 Å². The number of thiophene rings is 1. The monoisotopic (exact) mass is 570 g/mol. The number of benzene rings is 8. The summed E-state index contributed by atoms with van der Waals surface area (Å²) in [6.45, 7) is 0. The first-order chi connectivity index (χ1) is 24.7. The molecule has 200 valence electrons. The minimum atomic E-state index is -0.410. The Morgan fingerprint density at radius 2 is 0.930 bits per heavy atom. The third kappa shape index (κ3) is 3.82. The normalized spacial score (nSPS) is 14.3. The summed E-state index contributed by atoms with van der Waals surface area (Å²) in [6.07, 6.45) is 0. The highest BCUT2D eigenvalue weighted by Crippen LogP contribution is 2.45. The van der Waals surface area contributed by atoms with E-state index < -0.39 is 24.2 Å². The highest BCUT2D eigenvalue weighted by Gasteiger charge is 2.17. The molecule has 0 aliphatic rings. The molecular weight excluding hydrogens is 537 g/mol. The molecule has 8 aromatic carbocycles. The molecule has 0 aliphatic carbocycles. The second kappa shape index (κ2) is 9.66. The molecule has 43 heavy (non-hydrogen) atoms. The fourth-order valence-corrected chi connectivity index (χ4v) is 7.52. The molecule has 0 amide bonds. The second-order valence-electron chi connectivity index (χ2n) is 10.7. The Hall–Kier alpha value is -5.24. The van der Waals surface area contributed by atoms with Crippen molar-refractivity contribution in [2.24, 2.45) is 0 Å². The van der Waals surface area contributed by atoms with Gasteiger partial charge in [-0.1, -0.05) is 145 Å². The molecule has 1 heteroatoms. The fraction of sp³-hybridized carbons (Fsp3) is 0. The van der Waals surface area contributed by atoms with Crippen molar-refractivity contribution in [3.05, 3.63) is 158 Å². The van der Waals surface area contributed by atoms with E-state index in [1.807, 2.05) is 72.8 Å². The fourth-order valence-electron chi connectivity index (χ4n) is 6.38. The van der Waals surface area contributed by atoms with Gasteiger partial charge in [0.2, 0.25) is 0 Å². The van der Waals surface area contributed by atoms with Crippen LogP contribution in [0.25, 0.3) is 85.9 Å². The van der Waals surface area contributed by atoms with Gasteiger partial charge in [0.25, 0.3) is 0 Å². The summed E-state index contributed by atoms with van der Waals surface area (Å²) < 4.78 is 74.0. The van der Waals surface area contributed by atoms with Gasteiger partial charge < -0.3 is 0 Å². The smallest absolute Gasteiger partial charge is 0.0629 e. The number of hydrogen-bond acceptors (Lipinski definition) is 1. The number of rotatable bonds is 3. The minimum Gasteiger partial charge on any atom is -0.135 e. The lowest BCUT2D eigenvalue weighted by Gasteiger charge is -2.18. The largest absolute Gasteiger partial charge is 0.135 e. The minimum absolute atomic E-state index is 0.211. The first kappa shape index (κ1) is 17.7. The molecular formula is C42H26S. The van der Waals surface area contributed by atoms with Crippen LogP contribution in [0.2, 0.25) is 0 Å². The molecule has 9 aromatic rings. The van der Waals surface area contributed by atoms with Crippen molar-refractivity contribution in [2.45, 2.75) is 0 Å². The average Bonchev–Trinajstić information content (AvgIpc) is 3.54. The predicted octanol–water partition coefficient (Wildman–Crippen LogP) is 12.5. The molecule has 0 atom stereocenters. The van der Waals surface area contributed by atoms with Crippen molar-refractivity contribution >= 4 is 63.8 Å². The van der Waals surface area contributed by atoms with Crippen molar-refractivity contribution in [1.82, 2.24) is 0 Å². The maximum atomic E-state index is 9.26. The molecule has 0 fully saturated rings. The van der Waals surface area contributed by atoms with Crippen molar-refractivity contribution in [2.75, 3.05) is 0 Å². The van der Waals surface area contributed by atoms with Crippen LogP contribution in [0, 0.1) is 0 Å². The Bertz CT molecular complexity index is 2860. The molecule has 0 saturated carbocycles. The first-order valence-corrected chi connectivity index (χ1v) is 14.9. The lowest BCUT2D eigenvalue weighted by molar-refractivity contribution is 1.63. The van der Waals surface area contributed by atoms with E-state index in [9.17, 15) is 5.48 Å². The van der Waals surface area contributed by atoms with Gasteiger partial charge in [0.15, 0.2) is 0 Å². The third-order valence-electron chi connectivity index (χ3n) is 8.32. The molecule has 9 rings (SSSR count). The summed E-state index contributed by atoms with van der Waals surface area (Å²) in [6, 6.07) is 33.1. The Balaban J connectivity index is 1.42. The summed E-state index contributed by atoms with van der Waals surface area (Å²) in [5.74, 6) is 0. The van der Waals surface area contributed by atoms with E-state index in [-0.39, 0.29) is 45.7 Å². The molecule has 0 nitrogen and oxygen atoms in total. The molecule has 0 unspecified atom stereocenters. The van der Waals surface area contributed by atoms with E-state index in [1.165, 1.54) is 0 Å². The topological polar surface area (TPSA) is 0 Å². The molecule has 0 saturated heterocycles. The maximum Gasteiger partial charge on any atom is 0.0629 e. The van der Waals surface area contributed by atoms with Gasteiger partial charge in [0, 0.05) is 20.2 Å². The van der Waals surface area contributed by atoms with E-state index in [1.54, 1.807) is 11.3 Å². The maximum absolute atomic E-state index is 9.26. The van der Waals surface area contributed by atoms with Gasteiger partial charge in [-0.15, -0.1) is 11.3 Å². The Morgan fingerprint density at radius 1 is 0.395 bits per heavy atom. The summed E-state index contributed by atoms with van der Waals surface area (Å²) in [7, 11) is 0. The van der Waals surface area contributed by atoms with Gasteiger partial charge in [-0.05, 0) is 77.8 Å². The third-order valence-corrected chi connectivity index (χ3v) is 9.45. The van der Waals surface area contributed by atoms with E-state index in [0.29, 0.717) is 22.3 Å². The molecule has 0 aliphatic heterocycles. The van der Waals surface area contributed by atoms with Crippen molar-refractivity contribution in [3.63, 3.8) is 0 Å². The highest BCUT2D eigenvalue weighted by atomic mass is 32.1. The Kier molecular flexibility index (Phi) is 3.97. The zero-order chi connectivity index (χ0) is 35.3. The van der Waals surface area contributed by atoms with Crippen LogP contribution in [0.3, 0.4) is 0 Å². The predicted molar refractivity (Wildman–Crippen MR) is 188 cm³/mol. The number of fused-ring (bicyclic) bond motifs is 6. The molecule has 0 spiro atoms. The van der Waals surface area contributed by atoms with Crippen molar-refractivity contribution in [1.29, 1.82) is 0 Å². The van der Waals surface area contributed by atoms with Gasteiger partial charge in [-0.2, -0.15) is 0 Å².